The fraction of sp³-hybridized carbons (Fsp3) is 0.250. The second-order valence-electron chi connectivity index (χ2n) is 2.13. The van der Waals surface area contributed by atoms with Gasteiger partial charge in [0.25, 0.3) is 0 Å². The number of hydrogen-bond acceptors (Lipinski definition) is 4. The zero-order chi connectivity index (χ0) is 8.97. The van der Waals surface area contributed by atoms with Gasteiger partial charge in [0.2, 0.25) is 0 Å². The Morgan fingerprint density at radius 1 is 1.50 bits per heavy atom. The second-order valence-corrected chi connectivity index (χ2v) is 2.98. The first-order valence-electron chi connectivity index (χ1n) is 3.37. The van der Waals surface area contributed by atoms with Crippen molar-refractivity contribution in [3.05, 3.63) is 23.1 Å². The van der Waals surface area contributed by atoms with Crippen LogP contribution in [0.3, 0.4) is 0 Å². The topological polar surface area (TPSA) is 38.7 Å². The van der Waals surface area contributed by atoms with Crippen molar-refractivity contribution in [3.8, 4) is 5.75 Å². The molecule has 3 nitrogen and oxygen atoms in total. The third-order valence-corrected chi connectivity index (χ3v) is 2.23. The van der Waals surface area contributed by atoms with Crippen LogP contribution in [0.2, 0.25) is 0 Å². The van der Waals surface area contributed by atoms with Gasteiger partial charge in [-0.3, -0.25) is 0 Å². The van der Waals surface area contributed by atoms with Crippen molar-refractivity contribution in [1.82, 2.24) is 0 Å². The highest BCUT2D eigenvalue weighted by molar-refractivity contribution is 7.98. The van der Waals surface area contributed by atoms with E-state index in [2.05, 4.69) is 5.18 Å². The van der Waals surface area contributed by atoms with Crippen LogP contribution >= 0.6 is 11.8 Å². The number of rotatable bonds is 3. The quantitative estimate of drug-likeness (QED) is 0.534. The highest BCUT2D eigenvalue weighted by Crippen LogP contribution is 2.30. The van der Waals surface area contributed by atoms with Gasteiger partial charge in [-0.15, -0.1) is 16.7 Å². The molecule has 0 fully saturated rings. The fourth-order valence-corrected chi connectivity index (χ4v) is 1.47. The number of thioether (sulfide) groups is 1. The van der Waals surface area contributed by atoms with Crippen LogP contribution in [-0.2, 0) is 0 Å². The monoisotopic (exact) mass is 183 g/mol. The van der Waals surface area contributed by atoms with Gasteiger partial charge in [-0.05, 0) is 29.6 Å². The average Bonchev–Trinajstić information content (AvgIpc) is 2.16. The lowest BCUT2D eigenvalue weighted by Crippen LogP contribution is -1.84. The van der Waals surface area contributed by atoms with Crippen LogP contribution in [0.4, 0.5) is 5.69 Å². The maximum atomic E-state index is 10.2. The second kappa shape index (κ2) is 4.11. The van der Waals surface area contributed by atoms with E-state index in [-0.39, 0.29) is 0 Å². The summed E-state index contributed by atoms with van der Waals surface area (Å²) in [5.74, 6) is 0.773. The summed E-state index contributed by atoms with van der Waals surface area (Å²) in [6.45, 7) is 0. The molecule has 0 aliphatic carbocycles. The van der Waals surface area contributed by atoms with Crippen LogP contribution < -0.4 is 4.74 Å². The lowest BCUT2D eigenvalue weighted by Gasteiger charge is -2.04. The van der Waals surface area contributed by atoms with E-state index < -0.39 is 0 Å². The van der Waals surface area contributed by atoms with E-state index in [9.17, 15) is 4.91 Å². The molecule has 0 aliphatic heterocycles. The molecule has 0 bridgehead atoms. The summed E-state index contributed by atoms with van der Waals surface area (Å²) in [7, 11) is 1.60. The zero-order valence-electron chi connectivity index (χ0n) is 6.90. The molecule has 0 saturated heterocycles. The Bertz CT molecular complexity index is 288. The molecule has 0 heterocycles. The standard InChI is InChI=1S/C8H9NO2S/c1-11-7-4-3-6(9-10)5-8(7)12-2/h3-5H,1-2H3. The molecule has 0 atom stereocenters. The lowest BCUT2D eigenvalue weighted by molar-refractivity contribution is 0.405. The van der Waals surface area contributed by atoms with Crippen molar-refractivity contribution < 1.29 is 4.74 Å². The van der Waals surface area contributed by atoms with Crippen LogP contribution in [0, 0.1) is 4.91 Å². The van der Waals surface area contributed by atoms with E-state index in [4.69, 9.17) is 4.74 Å². The van der Waals surface area contributed by atoms with E-state index in [1.54, 1.807) is 25.3 Å². The van der Waals surface area contributed by atoms with Gasteiger partial charge >= 0.3 is 0 Å². The van der Waals surface area contributed by atoms with Gasteiger partial charge in [0.15, 0.2) is 0 Å². The third-order valence-electron chi connectivity index (χ3n) is 1.47. The number of hydrogen-bond donors (Lipinski definition) is 0. The van der Waals surface area contributed by atoms with Crippen molar-refractivity contribution in [2.45, 2.75) is 4.90 Å². The smallest absolute Gasteiger partial charge is 0.132 e. The van der Waals surface area contributed by atoms with Crippen LogP contribution in [-0.4, -0.2) is 13.4 Å². The molecular formula is C8H9NO2S. The third kappa shape index (κ3) is 1.76. The fourth-order valence-electron chi connectivity index (χ4n) is 0.882. The Labute approximate surface area is 75.1 Å². The van der Waals surface area contributed by atoms with Crippen LogP contribution in [0.5, 0.6) is 5.75 Å². The maximum Gasteiger partial charge on any atom is 0.132 e. The molecule has 12 heavy (non-hydrogen) atoms. The van der Waals surface area contributed by atoms with Crippen LogP contribution in [0.1, 0.15) is 0 Å². The van der Waals surface area contributed by atoms with Crippen molar-refractivity contribution in [2.24, 2.45) is 5.18 Å². The number of nitroso groups, excluding NO2 is 1. The first-order valence-corrected chi connectivity index (χ1v) is 4.59. The van der Waals surface area contributed by atoms with Crippen molar-refractivity contribution >= 4 is 17.4 Å². The van der Waals surface area contributed by atoms with E-state index >= 15 is 0 Å². The summed E-state index contributed by atoms with van der Waals surface area (Å²) < 4.78 is 5.07. The first-order chi connectivity index (χ1) is 5.81. The molecule has 0 saturated carbocycles. The van der Waals surface area contributed by atoms with Gasteiger partial charge in [0.1, 0.15) is 11.4 Å². The SMILES string of the molecule is COc1ccc(N=O)cc1SC. The minimum atomic E-state index is 0.431. The largest absolute Gasteiger partial charge is 0.496 e. The van der Waals surface area contributed by atoms with Gasteiger partial charge in [0.05, 0.1) is 12.0 Å². The van der Waals surface area contributed by atoms with Gasteiger partial charge in [0, 0.05) is 0 Å². The average molecular weight is 183 g/mol. The van der Waals surface area contributed by atoms with E-state index in [1.165, 1.54) is 11.8 Å². The number of ether oxygens (including phenoxy) is 1. The maximum absolute atomic E-state index is 10.2. The predicted octanol–water partition coefficient (Wildman–Crippen LogP) is 2.82. The molecule has 1 aromatic rings. The molecule has 0 N–H and O–H groups in total. The molecule has 0 aliphatic rings. The van der Waals surface area contributed by atoms with E-state index in [1.807, 2.05) is 6.26 Å². The van der Waals surface area contributed by atoms with Gasteiger partial charge < -0.3 is 4.74 Å². The van der Waals surface area contributed by atoms with Crippen LogP contribution in [0.15, 0.2) is 28.3 Å². The summed E-state index contributed by atoms with van der Waals surface area (Å²) in [4.78, 5) is 11.1. The van der Waals surface area contributed by atoms with Gasteiger partial charge in [-0.1, -0.05) is 0 Å². The Kier molecular flexibility index (Phi) is 3.10. The minimum absolute atomic E-state index is 0.431. The van der Waals surface area contributed by atoms with E-state index in [0.717, 1.165) is 10.6 Å². The molecule has 0 aromatic heterocycles. The Morgan fingerprint density at radius 3 is 2.75 bits per heavy atom. The normalized spacial score (nSPS) is 9.50. The Balaban J connectivity index is 3.10. The molecule has 0 amide bonds. The molecule has 0 unspecified atom stereocenters. The summed E-state index contributed by atoms with van der Waals surface area (Å²) in [6.07, 6.45) is 1.92. The molecule has 4 heteroatoms. The van der Waals surface area contributed by atoms with Crippen molar-refractivity contribution in [1.29, 1.82) is 0 Å². The summed E-state index contributed by atoms with van der Waals surface area (Å²) in [5.41, 5.74) is 0.431. The van der Waals surface area contributed by atoms with E-state index in [0.29, 0.717) is 5.69 Å². The molecule has 0 spiro atoms. The molecular weight excluding hydrogens is 174 g/mol. The number of nitrogens with zero attached hydrogens (tertiary/aromatic N) is 1. The van der Waals surface area contributed by atoms with Gasteiger partial charge in [-0.25, -0.2) is 0 Å². The Morgan fingerprint density at radius 2 is 2.25 bits per heavy atom. The van der Waals surface area contributed by atoms with Crippen LogP contribution in [0.25, 0.3) is 0 Å². The zero-order valence-corrected chi connectivity index (χ0v) is 7.72. The minimum Gasteiger partial charge on any atom is -0.496 e. The molecule has 0 radical (unpaired) electrons. The summed E-state index contributed by atoms with van der Waals surface area (Å²) in [6, 6.07) is 5.07. The highest BCUT2D eigenvalue weighted by atomic mass is 32.2. The predicted molar refractivity (Wildman–Crippen MR) is 50.2 cm³/mol. The Hall–Kier alpha value is -1.03. The number of methoxy groups -OCH3 is 1. The highest BCUT2D eigenvalue weighted by Gasteiger charge is 2.02. The molecule has 64 valence electrons. The van der Waals surface area contributed by atoms with Crippen molar-refractivity contribution in [2.75, 3.05) is 13.4 Å². The lowest BCUT2D eigenvalue weighted by atomic mass is 10.3. The molecule has 1 aromatic carbocycles. The summed E-state index contributed by atoms with van der Waals surface area (Å²) >= 11 is 1.53. The van der Waals surface area contributed by atoms with Gasteiger partial charge in [-0.2, -0.15) is 0 Å². The molecule has 1 rings (SSSR count). The number of benzene rings is 1. The van der Waals surface area contributed by atoms with Crippen molar-refractivity contribution in [3.63, 3.8) is 0 Å². The first kappa shape index (κ1) is 9.06. The summed E-state index contributed by atoms with van der Waals surface area (Å²) in [5, 5.41) is 2.84.